The van der Waals surface area contributed by atoms with Crippen LogP contribution in [0, 0.1) is 6.92 Å². The predicted molar refractivity (Wildman–Crippen MR) is 128 cm³/mol. The summed E-state index contributed by atoms with van der Waals surface area (Å²) in [5.74, 6) is 2.70. The summed E-state index contributed by atoms with van der Waals surface area (Å²) >= 11 is 0. The number of nitrogens with zero attached hydrogens (tertiary/aromatic N) is 1. The summed E-state index contributed by atoms with van der Waals surface area (Å²) in [5, 5.41) is 3.51. The fraction of sp³-hybridized carbons (Fsp3) is 0.200. The molecule has 0 bridgehead atoms. The molecule has 0 radical (unpaired) electrons. The summed E-state index contributed by atoms with van der Waals surface area (Å²) in [6, 6.07) is 12.4. The molecule has 2 aromatic heterocycles. The van der Waals surface area contributed by atoms with Gasteiger partial charge in [0.25, 0.3) is 5.91 Å². The van der Waals surface area contributed by atoms with Gasteiger partial charge in [0.15, 0.2) is 23.0 Å². The number of carbonyl (C=O) groups excluding carboxylic acids is 1. The minimum Gasteiger partial charge on any atom is -0.496 e. The predicted octanol–water partition coefficient (Wildman–Crippen LogP) is 4.95. The molecule has 0 atom stereocenters. The SMILES string of the molecule is COc1cc(C)ccc1Oc1ccc(NC(=O)c2cc3c(OC)cc(OC)c(OC)c3[nH]2)cn1. The Kier molecular flexibility index (Phi) is 6.44. The maximum atomic E-state index is 12.9. The molecule has 0 spiro atoms. The van der Waals surface area contributed by atoms with Crippen LogP contribution in [0.3, 0.4) is 0 Å². The molecular weight excluding hydrogens is 438 g/mol. The molecule has 34 heavy (non-hydrogen) atoms. The number of aryl methyl sites for hydroxylation is 1. The molecule has 1 amide bonds. The number of hydrogen-bond acceptors (Lipinski definition) is 7. The zero-order valence-corrected chi connectivity index (χ0v) is 19.5. The Morgan fingerprint density at radius 2 is 1.62 bits per heavy atom. The van der Waals surface area contributed by atoms with Gasteiger partial charge in [0.05, 0.1) is 45.8 Å². The van der Waals surface area contributed by atoms with Crippen molar-refractivity contribution in [2.45, 2.75) is 6.92 Å². The number of amides is 1. The highest BCUT2D eigenvalue weighted by atomic mass is 16.5. The average molecular weight is 463 g/mol. The Morgan fingerprint density at radius 1 is 0.853 bits per heavy atom. The summed E-state index contributed by atoms with van der Waals surface area (Å²) in [4.78, 5) is 20.3. The topological polar surface area (TPSA) is 104 Å². The van der Waals surface area contributed by atoms with Gasteiger partial charge in [-0.1, -0.05) is 6.07 Å². The number of methoxy groups -OCH3 is 4. The number of aromatic nitrogens is 2. The van der Waals surface area contributed by atoms with Crippen molar-refractivity contribution in [3.05, 3.63) is 59.9 Å². The fourth-order valence-electron chi connectivity index (χ4n) is 3.54. The number of pyridine rings is 1. The van der Waals surface area contributed by atoms with Crippen LogP contribution in [0.5, 0.6) is 34.6 Å². The van der Waals surface area contributed by atoms with Crippen molar-refractivity contribution in [1.82, 2.24) is 9.97 Å². The molecule has 4 aromatic rings. The zero-order chi connectivity index (χ0) is 24.2. The third kappa shape index (κ3) is 4.40. The van der Waals surface area contributed by atoms with E-state index < -0.39 is 0 Å². The van der Waals surface area contributed by atoms with Gasteiger partial charge in [-0.3, -0.25) is 4.79 Å². The number of ether oxygens (including phenoxy) is 5. The molecule has 0 aliphatic carbocycles. The van der Waals surface area contributed by atoms with E-state index in [1.54, 1.807) is 38.5 Å². The molecule has 0 unspecified atom stereocenters. The van der Waals surface area contributed by atoms with E-state index in [9.17, 15) is 4.79 Å². The maximum absolute atomic E-state index is 12.9. The Labute approximate surface area is 196 Å². The van der Waals surface area contributed by atoms with E-state index in [1.165, 1.54) is 20.4 Å². The Hall–Kier alpha value is -4.40. The summed E-state index contributed by atoms with van der Waals surface area (Å²) in [5.41, 5.74) is 2.48. The smallest absolute Gasteiger partial charge is 0.272 e. The van der Waals surface area contributed by atoms with Crippen LogP contribution in [-0.2, 0) is 0 Å². The Bertz CT molecular complexity index is 1330. The number of benzene rings is 2. The number of rotatable bonds is 8. The van der Waals surface area contributed by atoms with E-state index in [0.29, 0.717) is 56.9 Å². The molecule has 2 aromatic carbocycles. The van der Waals surface area contributed by atoms with Gasteiger partial charge in [0, 0.05) is 17.5 Å². The number of carbonyl (C=O) groups is 1. The van der Waals surface area contributed by atoms with Crippen molar-refractivity contribution in [3.63, 3.8) is 0 Å². The molecule has 2 heterocycles. The molecule has 176 valence electrons. The molecule has 0 aliphatic heterocycles. The van der Waals surface area contributed by atoms with E-state index in [2.05, 4.69) is 15.3 Å². The molecule has 9 heteroatoms. The summed E-state index contributed by atoms with van der Waals surface area (Å²) in [6.45, 7) is 1.97. The second-order valence-electron chi connectivity index (χ2n) is 7.38. The number of hydrogen-bond donors (Lipinski definition) is 2. The van der Waals surface area contributed by atoms with Crippen LogP contribution in [0.2, 0.25) is 0 Å². The van der Waals surface area contributed by atoms with E-state index in [1.807, 2.05) is 25.1 Å². The fourth-order valence-corrected chi connectivity index (χ4v) is 3.54. The van der Waals surface area contributed by atoms with Crippen LogP contribution >= 0.6 is 0 Å². The number of fused-ring (bicyclic) bond motifs is 1. The first-order chi connectivity index (χ1) is 16.5. The van der Waals surface area contributed by atoms with Gasteiger partial charge < -0.3 is 34.0 Å². The molecule has 0 saturated heterocycles. The van der Waals surface area contributed by atoms with Gasteiger partial charge in [-0.2, -0.15) is 0 Å². The first-order valence-electron chi connectivity index (χ1n) is 10.4. The highest BCUT2D eigenvalue weighted by Crippen LogP contribution is 2.41. The zero-order valence-electron chi connectivity index (χ0n) is 19.5. The number of H-pyrrole nitrogens is 1. The van der Waals surface area contributed by atoms with Crippen LogP contribution in [0.15, 0.2) is 48.7 Å². The lowest BCUT2D eigenvalue weighted by Gasteiger charge is -2.11. The van der Waals surface area contributed by atoms with Gasteiger partial charge in [-0.25, -0.2) is 4.98 Å². The molecular formula is C25H25N3O6. The van der Waals surface area contributed by atoms with Crippen molar-refractivity contribution in [2.75, 3.05) is 33.8 Å². The van der Waals surface area contributed by atoms with Gasteiger partial charge in [-0.15, -0.1) is 0 Å². The van der Waals surface area contributed by atoms with Crippen molar-refractivity contribution in [1.29, 1.82) is 0 Å². The van der Waals surface area contributed by atoms with Crippen LogP contribution < -0.4 is 29.0 Å². The van der Waals surface area contributed by atoms with E-state index in [-0.39, 0.29) is 5.91 Å². The van der Waals surface area contributed by atoms with Crippen LogP contribution in [0.4, 0.5) is 5.69 Å². The maximum Gasteiger partial charge on any atom is 0.272 e. The minimum atomic E-state index is -0.352. The molecule has 0 fully saturated rings. The first kappa shape index (κ1) is 22.8. The van der Waals surface area contributed by atoms with Gasteiger partial charge >= 0.3 is 0 Å². The molecule has 2 N–H and O–H groups in total. The Balaban J connectivity index is 1.54. The summed E-state index contributed by atoms with van der Waals surface area (Å²) in [7, 11) is 6.20. The van der Waals surface area contributed by atoms with Crippen molar-refractivity contribution >= 4 is 22.5 Å². The van der Waals surface area contributed by atoms with Gasteiger partial charge in [0.2, 0.25) is 5.88 Å². The highest BCUT2D eigenvalue weighted by Gasteiger charge is 2.19. The quantitative estimate of drug-likeness (QED) is 0.381. The largest absolute Gasteiger partial charge is 0.496 e. The van der Waals surface area contributed by atoms with E-state index in [4.69, 9.17) is 23.7 Å². The van der Waals surface area contributed by atoms with Gasteiger partial charge in [0.1, 0.15) is 11.4 Å². The summed E-state index contributed by atoms with van der Waals surface area (Å²) in [6.07, 6.45) is 1.51. The highest BCUT2D eigenvalue weighted by molar-refractivity contribution is 6.07. The number of anilines is 1. The Morgan fingerprint density at radius 3 is 2.26 bits per heavy atom. The first-order valence-corrected chi connectivity index (χ1v) is 10.4. The summed E-state index contributed by atoms with van der Waals surface area (Å²) < 4.78 is 27.5. The number of nitrogens with one attached hydrogen (secondary N) is 2. The monoisotopic (exact) mass is 463 g/mol. The van der Waals surface area contributed by atoms with Crippen molar-refractivity contribution in [3.8, 4) is 34.6 Å². The third-order valence-corrected chi connectivity index (χ3v) is 5.21. The van der Waals surface area contributed by atoms with Gasteiger partial charge in [-0.05, 0) is 36.8 Å². The van der Waals surface area contributed by atoms with E-state index >= 15 is 0 Å². The van der Waals surface area contributed by atoms with E-state index in [0.717, 1.165) is 5.56 Å². The second-order valence-corrected chi connectivity index (χ2v) is 7.38. The van der Waals surface area contributed by atoms with Crippen molar-refractivity contribution < 1.29 is 28.5 Å². The van der Waals surface area contributed by atoms with Crippen LogP contribution in [-0.4, -0.2) is 44.3 Å². The lowest BCUT2D eigenvalue weighted by molar-refractivity contribution is 0.102. The normalized spacial score (nSPS) is 10.6. The van der Waals surface area contributed by atoms with Crippen LogP contribution in [0.1, 0.15) is 16.1 Å². The van der Waals surface area contributed by atoms with Crippen LogP contribution in [0.25, 0.3) is 10.9 Å². The average Bonchev–Trinajstić information content (AvgIpc) is 3.30. The molecule has 0 saturated carbocycles. The van der Waals surface area contributed by atoms with Crippen molar-refractivity contribution in [2.24, 2.45) is 0 Å². The number of aromatic amines is 1. The second kappa shape index (κ2) is 9.62. The minimum absolute atomic E-state index is 0.324. The molecule has 4 rings (SSSR count). The standard InChI is InChI=1S/C25H25N3O6/c1-14-6-8-18(20(10-14)31-3)34-22-9-7-15(13-26-22)27-25(29)17-11-16-19(30-2)12-21(32-4)24(33-5)23(16)28-17/h6-13,28H,1-5H3,(H,27,29). The molecule has 9 nitrogen and oxygen atoms in total. The third-order valence-electron chi connectivity index (χ3n) is 5.21. The lowest BCUT2D eigenvalue weighted by Crippen LogP contribution is -2.12. The lowest BCUT2D eigenvalue weighted by atomic mass is 10.2. The molecule has 0 aliphatic rings.